The van der Waals surface area contributed by atoms with Crippen molar-refractivity contribution < 1.29 is 45.6 Å². The lowest BCUT2D eigenvalue weighted by molar-refractivity contribution is -0.137. The quantitative estimate of drug-likeness (QED) is 0.111. The Hall–Kier alpha value is -3.53. The van der Waals surface area contributed by atoms with Crippen molar-refractivity contribution in [2.75, 3.05) is 13.2 Å². The molecule has 0 fully saturated rings. The standard InChI is InChI=1S/C43H59NO9/c1-3-4-9-39(49)40(50)22-16-29-11-10-28-7-5-6-8-36(28)31-15-21-38(30-12-17-33(46)18-13-30)43(2,53)27-44-42(37(29)25-35(48)26-45)32(24-31)14-19-34(47)20-23-41(51)52/h5-8,12-13,16-18,22,31-32,34-35,38-40,42,44-50,53H,3-4,9-11,14,19-20,23-27H2,1-2H3,(H,51,52)/b22-16+,37-29+/t31-,32+,34+,35+,38+,39+,40-,42+,43-/m1/s1. The molecule has 0 aromatic heterocycles. The second-order valence-electron chi connectivity index (χ2n) is 15.1. The number of hydrogen-bond donors (Lipinski definition) is 9. The smallest absolute Gasteiger partial charge is 0.303 e. The number of aliphatic hydroxyl groups is 6. The number of allylic oxidation sites excluding steroid dienone is 2. The van der Waals surface area contributed by atoms with Gasteiger partial charge in [-0.05, 0) is 104 Å². The Kier molecular flexibility index (Phi) is 16.1. The number of carboxylic acids is 1. The van der Waals surface area contributed by atoms with E-state index in [1.807, 2.05) is 25.1 Å². The molecule has 9 atom stereocenters. The van der Waals surface area contributed by atoms with Crippen LogP contribution in [0.15, 0.2) is 71.8 Å². The Labute approximate surface area is 313 Å². The Morgan fingerprint density at radius 1 is 1.00 bits per heavy atom. The van der Waals surface area contributed by atoms with Crippen LogP contribution in [-0.4, -0.2) is 96.0 Å². The molecular weight excluding hydrogens is 674 g/mol. The Balaban J connectivity index is 1.93. The number of nitrogens with one attached hydrogen (secondary N) is 1. The van der Waals surface area contributed by atoms with Gasteiger partial charge in [0.1, 0.15) is 5.75 Å². The molecule has 1 heterocycles. The van der Waals surface area contributed by atoms with Crippen LogP contribution in [0.25, 0.3) is 0 Å². The molecule has 0 radical (unpaired) electrons. The third-order valence-electron chi connectivity index (χ3n) is 10.8. The highest BCUT2D eigenvalue weighted by Gasteiger charge is 2.38. The molecule has 2 bridgehead atoms. The Morgan fingerprint density at radius 3 is 2.43 bits per heavy atom. The van der Waals surface area contributed by atoms with E-state index in [2.05, 4.69) is 29.3 Å². The number of unbranched alkanes of at least 4 members (excludes halogenated alkanes) is 1. The number of aliphatic carboxylic acids is 1. The maximum Gasteiger partial charge on any atom is 0.303 e. The van der Waals surface area contributed by atoms with Crippen LogP contribution in [0.4, 0.5) is 0 Å². The summed E-state index contributed by atoms with van der Waals surface area (Å²) in [5, 5.41) is 88.8. The predicted octanol–water partition coefficient (Wildman–Crippen LogP) is 4.45. The van der Waals surface area contributed by atoms with Crippen molar-refractivity contribution in [1.29, 1.82) is 0 Å². The molecule has 4 rings (SSSR count). The maximum atomic E-state index is 12.2. The number of β-amino-alcohol motifs (C(OH)–C–C–N with tert-alkyl or cyclic N) is 1. The third-order valence-corrected chi connectivity index (χ3v) is 10.8. The van der Waals surface area contributed by atoms with Gasteiger partial charge in [0.2, 0.25) is 0 Å². The molecule has 9 N–H and O–H groups in total. The summed E-state index contributed by atoms with van der Waals surface area (Å²) in [6.45, 7) is 3.32. The Bertz CT molecular complexity index is 1590. The van der Waals surface area contributed by atoms with E-state index in [4.69, 9.17) is 0 Å². The lowest BCUT2D eigenvalue weighted by Crippen LogP contribution is -2.50. The minimum absolute atomic E-state index is 0.0747. The van der Waals surface area contributed by atoms with Crippen LogP contribution < -0.4 is 5.32 Å². The van der Waals surface area contributed by atoms with Gasteiger partial charge in [0.15, 0.2) is 0 Å². The summed E-state index contributed by atoms with van der Waals surface area (Å²) in [5.74, 6) is 4.93. The van der Waals surface area contributed by atoms with E-state index in [0.29, 0.717) is 38.5 Å². The highest BCUT2D eigenvalue weighted by atomic mass is 16.4. The van der Waals surface area contributed by atoms with Crippen molar-refractivity contribution in [3.8, 4) is 17.6 Å². The fourth-order valence-corrected chi connectivity index (χ4v) is 7.69. The van der Waals surface area contributed by atoms with Crippen LogP contribution >= 0.6 is 0 Å². The summed E-state index contributed by atoms with van der Waals surface area (Å²) >= 11 is 0. The SMILES string of the molecule is CCCC[C@H](O)[C@H](O)/C=C/C1=C(\C[C@H](O)CO)[C@H]2NC[C@@](C)(O)[C@H](c3ccc(O)cc3)C#C[C@H](C[C@@H]2CC[C@H](O)CCC(=O)O)c2ccccc2CC1. The van der Waals surface area contributed by atoms with Gasteiger partial charge in [0.25, 0.3) is 0 Å². The number of aromatic hydroxyl groups is 1. The van der Waals surface area contributed by atoms with E-state index >= 15 is 0 Å². The van der Waals surface area contributed by atoms with Crippen molar-refractivity contribution in [2.45, 2.75) is 132 Å². The third kappa shape index (κ3) is 12.2. The molecule has 2 aliphatic rings. The average molecular weight is 734 g/mol. The van der Waals surface area contributed by atoms with Crippen LogP contribution in [0, 0.1) is 17.8 Å². The number of hydrogen-bond acceptors (Lipinski definition) is 9. The summed E-state index contributed by atoms with van der Waals surface area (Å²) < 4.78 is 0. The molecule has 290 valence electrons. The van der Waals surface area contributed by atoms with Crippen molar-refractivity contribution in [2.24, 2.45) is 5.92 Å². The van der Waals surface area contributed by atoms with Crippen LogP contribution in [0.2, 0.25) is 0 Å². The first-order chi connectivity index (χ1) is 25.3. The van der Waals surface area contributed by atoms with E-state index in [1.165, 1.54) is 0 Å². The van der Waals surface area contributed by atoms with Gasteiger partial charge in [-0.3, -0.25) is 4.79 Å². The maximum absolute atomic E-state index is 12.2. The second kappa shape index (κ2) is 20.2. The van der Waals surface area contributed by atoms with Gasteiger partial charge in [-0.25, -0.2) is 0 Å². The molecule has 53 heavy (non-hydrogen) atoms. The van der Waals surface area contributed by atoms with Gasteiger partial charge in [0, 0.05) is 24.9 Å². The van der Waals surface area contributed by atoms with Gasteiger partial charge in [-0.1, -0.05) is 80.2 Å². The topological polar surface area (TPSA) is 191 Å². The normalized spacial score (nSPS) is 27.2. The largest absolute Gasteiger partial charge is 0.508 e. The first-order valence-corrected chi connectivity index (χ1v) is 19.1. The summed E-state index contributed by atoms with van der Waals surface area (Å²) in [6.07, 6.45) is 3.94. The summed E-state index contributed by atoms with van der Waals surface area (Å²) in [7, 11) is 0. The molecule has 0 saturated heterocycles. The van der Waals surface area contributed by atoms with Gasteiger partial charge in [-0.2, -0.15) is 0 Å². The first-order valence-electron chi connectivity index (χ1n) is 19.1. The van der Waals surface area contributed by atoms with Crippen LogP contribution in [0.1, 0.15) is 107 Å². The van der Waals surface area contributed by atoms with Crippen molar-refractivity contribution >= 4 is 5.97 Å². The number of phenolic OH excluding ortho intramolecular Hbond substituents is 1. The monoisotopic (exact) mass is 733 g/mol. The lowest BCUT2D eigenvalue weighted by atomic mass is 9.73. The van der Waals surface area contributed by atoms with Crippen molar-refractivity contribution in [3.05, 3.63) is 88.5 Å². The molecule has 1 aliphatic carbocycles. The van der Waals surface area contributed by atoms with Crippen LogP contribution in [-0.2, 0) is 11.2 Å². The molecule has 10 nitrogen and oxygen atoms in total. The number of carboxylic acid groups (broad SMARTS) is 1. The summed E-state index contributed by atoms with van der Waals surface area (Å²) in [6, 6.07) is 14.3. The number of phenols is 1. The lowest BCUT2D eigenvalue weighted by Gasteiger charge is -2.39. The summed E-state index contributed by atoms with van der Waals surface area (Å²) in [4.78, 5) is 11.3. The van der Waals surface area contributed by atoms with Gasteiger partial charge >= 0.3 is 5.97 Å². The second-order valence-corrected chi connectivity index (χ2v) is 15.1. The highest BCUT2D eigenvalue weighted by Crippen LogP contribution is 2.39. The molecule has 0 saturated carbocycles. The first kappa shape index (κ1) is 42.2. The van der Waals surface area contributed by atoms with Gasteiger partial charge < -0.3 is 46.2 Å². The van der Waals surface area contributed by atoms with Gasteiger partial charge in [-0.15, -0.1) is 0 Å². The number of carbonyl (C=O) groups is 1. The fourth-order valence-electron chi connectivity index (χ4n) is 7.69. The van der Waals surface area contributed by atoms with E-state index < -0.39 is 54.6 Å². The van der Waals surface area contributed by atoms with E-state index in [1.54, 1.807) is 37.3 Å². The zero-order valence-electron chi connectivity index (χ0n) is 31.1. The predicted molar refractivity (Wildman–Crippen MR) is 204 cm³/mol. The number of aryl methyl sites for hydroxylation is 1. The minimum Gasteiger partial charge on any atom is -0.508 e. The zero-order valence-corrected chi connectivity index (χ0v) is 31.1. The van der Waals surface area contributed by atoms with Crippen LogP contribution in [0.5, 0.6) is 5.75 Å². The molecule has 0 unspecified atom stereocenters. The molecule has 2 aromatic carbocycles. The number of benzene rings is 2. The zero-order chi connectivity index (χ0) is 38.5. The number of aliphatic hydroxyl groups excluding tert-OH is 5. The van der Waals surface area contributed by atoms with Crippen molar-refractivity contribution in [1.82, 2.24) is 5.32 Å². The van der Waals surface area contributed by atoms with E-state index in [-0.39, 0.29) is 43.4 Å². The Morgan fingerprint density at radius 2 is 1.74 bits per heavy atom. The minimum atomic E-state index is -1.42. The van der Waals surface area contributed by atoms with E-state index in [9.17, 15) is 45.6 Å². The number of fused-ring (bicyclic) bond motifs is 5. The van der Waals surface area contributed by atoms with E-state index in [0.717, 1.165) is 40.7 Å². The average Bonchev–Trinajstić information content (AvgIpc) is 3.14. The number of rotatable bonds is 16. The molecule has 10 heteroatoms. The van der Waals surface area contributed by atoms with Gasteiger partial charge in [0.05, 0.1) is 42.5 Å². The summed E-state index contributed by atoms with van der Waals surface area (Å²) in [5.41, 5.74) is 3.03. The van der Waals surface area contributed by atoms with Crippen molar-refractivity contribution in [3.63, 3.8) is 0 Å². The van der Waals surface area contributed by atoms with Crippen LogP contribution in [0.3, 0.4) is 0 Å². The highest BCUT2D eigenvalue weighted by molar-refractivity contribution is 5.66. The molecular formula is C43H59NO9. The molecule has 1 aliphatic heterocycles. The fraction of sp³-hybridized carbons (Fsp3) is 0.558. The molecule has 0 amide bonds. The molecule has 2 aromatic rings. The molecule has 0 spiro atoms.